The standard InChI is InChI=1S/C19H25N3O2S/c1-15-18(25-14-21-15)11-22-7-4-19(5-8-22)9-17(13-24-19)23-12-16-3-2-6-20-10-16/h2-3,6,10,14,17H,4-5,7-9,11-13H2,1H3/t17-/m0/s1. The van der Waals surface area contributed by atoms with E-state index in [2.05, 4.69) is 27.9 Å². The van der Waals surface area contributed by atoms with Gasteiger partial charge in [0.1, 0.15) is 0 Å². The van der Waals surface area contributed by atoms with Gasteiger partial charge in [-0.15, -0.1) is 11.3 Å². The zero-order valence-electron chi connectivity index (χ0n) is 14.7. The number of aryl methyl sites for hydroxylation is 1. The van der Waals surface area contributed by atoms with E-state index in [0.29, 0.717) is 13.2 Å². The highest BCUT2D eigenvalue weighted by atomic mass is 32.1. The van der Waals surface area contributed by atoms with Gasteiger partial charge in [0.05, 0.1) is 36.1 Å². The van der Waals surface area contributed by atoms with Crippen LogP contribution in [0.2, 0.25) is 0 Å². The van der Waals surface area contributed by atoms with Gasteiger partial charge in [0, 0.05) is 43.3 Å². The average Bonchev–Trinajstić information content (AvgIpc) is 3.23. The van der Waals surface area contributed by atoms with Crippen LogP contribution in [-0.2, 0) is 22.6 Å². The van der Waals surface area contributed by atoms with E-state index in [1.165, 1.54) is 10.6 Å². The zero-order chi connectivity index (χ0) is 17.1. The molecule has 4 rings (SSSR count). The predicted octanol–water partition coefficient (Wildman–Crippen LogP) is 3.19. The molecular formula is C19H25N3O2S. The first-order chi connectivity index (χ1) is 12.2. The number of hydrogen-bond donors (Lipinski definition) is 0. The van der Waals surface area contributed by atoms with Crippen LogP contribution in [0.1, 0.15) is 35.4 Å². The third-order valence-electron chi connectivity index (χ3n) is 5.36. The van der Waals surface area contributed by atoms with E-state index in [4.69, 9.17) is 9.47 Å². The lowest BCUT2D eigenvalue weighted by atomic mass is 9.88. The predicted molar refractivity (Wildman–Crippen MR) is 97.5 cm³/mol. The maximum atomic E-state index is 6.21. The van der Waals surface area contributed by atoms with E-state index in [9.17, 15) is 0 Å². The van der Waals surface area contributed by atoms with Gasteiger partial charge in [-0.2, -0.15) is 0 Å². The maximum absolute atomic E-state index is 6.21. The Labute approximate surface area is 153 Å². The molecule has 2 aromatic heterocycles. The van der Waals surface area contributed by atoms with Crippen LogP contribution >= 0.6 is 11.3 Å². The Morgan fingerprint density at radius 3 is 3.00 bits per heavy atom. The first-order valence-corrected chi connectivity index (χ1v) is 9.86. The highest BCUT2D eigenvalue weighted by molar-refractivity contribution is 7.09. The van der Waals surface area contributed by atoms with Gasteiger partial charge in [-0.25, -0.2) is 4.98 Å². The van der Waals surface area contributed by atoms with Crippen molar-refractivity contribution < 1.29 is 9.47 Å². The molecule has 2 aliphatic heterocycles. The minimum Gasteiger partial charge on any atom is -0.372 e. The Hall–Kier alpha value is -1.34. The molecule has 4 heterocycles. The largest absolute Gasteiger partial charge is 0.372 e. The Kier molecular flexibility index (Phi) is 5.12. The Morgan fingerprint density at radius 2 is 2.28 bits per heavy atom. The molecular weight excluding hydrogens is 334 g/mol. The summed E-state index contributed by atoms with van der Waals surface area (Å²) in [4.78, 5) is 12.4. The Bertz CT molecular complexity index is 683. The molecule has 1 atom stereocenters. The molecule has 0 aliphatic carbocycles. The van der Waals surface area contributed by atoms with E-state index < -0.39 is 0 Å². The van der Waals surface area contributed by atoms with Crippen LogP contribution in [0.5, 0.6) is 0 Å². The van der Waals surface area contributed by atoms with Crippen molar-refractivity contribution in [2.24, 2.45) is 0 Å². The van der Waals surface area contributed by atoms with Crippen LogP contribution < -0.4 is 0 Å². The summed E-state index contributed by atoms with van der Waals surface area (Å²) in [6.45, 7) is 6.64. The zero-order valence-corrected chi connectivity index (χ0v) is 15.5. The van der Waals surface area contributed by atoms with Gasteiger partial charge in [0.15, 0.2) is 0 Å². The maximum Gasteiger partial charge on any atom is 0.0840 e. The highest BCUT2D eigenvalue weighted by Crippen LogP contribution is 2.37. The summed E-state index contributed by atoms with van der Waals surface area (Å²) in [5.74, 6) is 0. The average molecular weight is 359 g/mol. The molecule has 6 heteroatoms. The quantitative estimate of drug-likeness (QED) is 0.820. The van der Waals surface area contributed by atoms with Gasteiger partial charge in [-0.05, 0) is 31.4 Å². The minimum atomic E-state index is 0.0266. The van der Waals surface area contributed by atoms with Crippen molar-refractivity contribution in [1.29, 1.82) is 0 Å². The van der Waals surface area contributed by atoms with Crippen LogP contribution in [0, 0.1) is 6.92 Å². The molecule has 5 nitrogen and oxygen atoms in total. The molecule has 2 fully saturated rings. The summed E-state index contributed by atoms with van der Waals surface area (Å²) in [5.41, 5.74) is 4.27. The van der Waals surface area contributed by atoms with Crippen molar-refractivity contribution >= 4 is 11.3 Å². The number of hydrogen-bond acceptors (Lipinski definition) is 6. The Morgan fingerprint density at radius 1 is 1.40 bits per heavy atom. The second kappa shape index (κ2) is 7.50. The molecule has 1 spiro atoms. The Balaban J connectivity index is 1.25. The lowest BCUT2D eigenvalue weighted by molar-refractivity contribution is -0.0467. The molecule has 0 saturated carbocycles. The summed E-state index contributed by atoms with van der Waals surface area (Å²) in [5, 5.41) is 0. The minimum absolute atomic E-state index is 0.0266. The van der Waals surface area contributed by atoms with E-state index >= 15 is 0 Å². The summed E-state index contributed by atoms with van der Waals surface area (Å²) >= 11 is 1.76. The number of rotatable bonds is 5. The van der Waals surface area contributed by atoms with Gasteiger partial charge >= 0.3 is 0 Å². The molecule has 2 aliphatic rings. The van der Waals surface area contributed by atoms with Gasteiger partial charge in [0.25, 0.3) is 0 Å². The number of thiazole rings is 1. The molecule has 0 unspecified atom stereocenters. The van der Waals surface area contributed by atoms with E-state index in [1.807, 2.05) is 17.8 Å². The van der Waals surface area contributed by atoms with Gasteiger partial charge in [-0.3, -0.25) is 9.88 Å². The third-order valence-corrected chi connectivity index (χ3v) is 6.28. The first-order valence-electron chi connectivity index (χ1n) is 8.98. The van der Waals surface area contributed by atoms with Crippen LogP contribution in [0.4, 0.5) is 0 Å². The first kappa shape index (κ1) is 17.1. The monoisotopic (exact) mass is 359 g/mol. The van der Waals surface area contributed by atoms with Crippen molar-refractivity contribution in [2.75, 3.05) is 19.7 Å². The van der Waals surface area contributed by atoms with Gasteiger partial charge in [-0.1, -0.05) is 6.07 Å². The fraction of sp³-hybridized carbons (Fsp3) is 0.579. The normalized spacial score (nSPS) is 23.3. The number of nitrogens with zero attached hydrogens (tertiary/aromatic N) is 3. The van der Waals surface area contributed by atoms with Crippen molar-refractivity contribution in [3.05, 3.63) is 46.2 Å². The number of piperidine rings is 1. The fourth-order valence-electron chi connectivity index (χ4n) is 3.76. The van der Waals surface area contributed by atoms with Crippen LogP contribution in [-0.4, -0.2) is 46.3 Å². The van der Waals surface area contributed by atoms with E-state index in [-0.39, 0.29) is 11.7 Å². The SMILES string of the molecule is Cc1ncsc1CN1CCC2(CC1)C[C@H](OCc1cccnc1)CO2. The molecule has 0 amide bonds. The summed E-state index contributed by atoms with van der Waals surface area (Å²) in [6, 6.07) is 4.00. The fourth-order valence-corrected chi connectivity index (χ4v) is 4.57. The highest BCUT2D eigenvalue weighted by Gasteiger charge is 2.43. The topological polar surface area (TPSA) is 47.5 Å². The molecule has 0 bridgehead atoms. The number of pyridine rings is 1. The lowest BCUT2D eigenvalue weighted by Crippen LogP contribution is -2.43. The second-order valence-electron chi connectivity index (χ2n) is 7.13. The molecule has 134 valence electrons. The molecule has 0 N–H and O–H groups in total. The molecule has 0 aromatic carbocycles. The lowest BCUT2D eigenvalue weighted by Gasteiger charge is -2.38. The number of ether oxygens (including phenoxy) is 2. The van der Waals surface area contributed by atoms with Crippen LogP contribution in [0.3, 0.4) is 0 Å². The second-order valence-corrected chi connectivity index (χ2v) is 8.07. The molecule has 2 aromatic rings. The number of aromatic nitrogens is 2. The van der Waals surface area contributed by atoms with E-state index in [0.717, 1.165) is 44.5 Å². The molecule has 2 saturated heterocycles. The third kappa shape index (κ3) is 4.08. The summed E-state index contributed by atoms with van der Waals surface area (Å²) < 4.78 is 12.3. The molecule has 25 heavy (non-hydrogen) atoms. The van der Waals surface area contributed by atoms with Gasteiger partial charge in [0.2, 0.25) is 0 Å². The summed E-state index contributed by atoms with van der Waals surface area (Å²) in [6.07, 6.45) is 7.07. The number of likely N-dealkylation sites (tertiary alicyclic amines) is 1. The van der Waals surface area contributed by atoms with Gasteiger partial charge < -0.3 is 9.47 Å². The van der Waals surface area contributed by atoms with E-state index in [1.54, 1.807) is 17.5 Å². The van der Waals surface area contributed by atoms with Crippen molar-refractivity contribution in [2.45, 2.75) is 51.0 Å². The van der Waals surface area contributed by atoms with Crippen molar-refractivity contribution in [3.63, 3.8) is 0 Å². The van der Waals surface area contributed by atoms with Crippen LogP contribution in [0.15, 0.2) is 30.0 Å². The van der Waals surface area contributed by atoms with Crippen LogP contribution in [0.25, 0.3) is 0 Å². The molecule has 0 radical (unpaired) electrons. The van der Waals surface area contributed by atoms with Crippen molar-refractivity contribution in [3.8, 4) is 0 Å². The van der Waals surface area contributed by atoms with Crippen molar-refractivity contribution in [1.82, 2.24) is 14.9 Å². The smallest absolute Gasteiger partial charge is 0.0840 e. The summed E-state index contributed by atoms with van der Waals surface area (Å²) in [7, 11) is 0.